The summed E-state index contributed by atoms with van der Waals surface area (Å²) in [5.41, 5.74) is 2.51. The van der Waals surface area contributed by atoms with Crippen LogP contribution >= 0.6 is 11.3 Å². The molecule has 32 heavy (non-hydrogen) atoms. The maximum atomic E-state index is 13.5. The van der Waals surface area contributed by atoms with E-state index in [2.05, 4.69) is 45.6 Å². The number of rotatable bonds is 7. The van der Waals surface area contributed by atoms with Crippen molar-refractivity contribution in [3.05, 3.63) is 65.3 Å². The van der Waals surface area contributed by atoms with E-state index in [-0.39, 0.29) is 11.8 Å². The molecule has 4 heteroatoms. The molecule has 3 aromatic rings. The largest absolute Gasteiger partial charge is 0.303 e. The SMILES string of the molecule is O=C(C1CCCCC1)C(CCN1CCC(c2cccc3ccsc23)CC1)c1ccccn1. The molecule has 1 aliphatic heterocycles. The third-order valence-electron chi connectivity index (χ3n) is 7.67. The van der Waals surface area contributed by atoms with Gasteiger partial charge in [0.2, 0.25) is 0 Å². The number of pyridine rings is 1. The number of benzene rings is 1. The number of hydrogen-bond donors (Lipinski definition) is 0. The van der Waals surface area contributed by atoms with Crippen molar-refractivity contribution in [3.63, 3.8) is 0 Å². The standard InChI is InChI=1S/C28H34N2OS/c31-27(22-7-2-1-3-8-22)25(26-11-4-5-16-29-26)14-19-30-17-12-21(13-18-30)24-10-6-9-23-15-20-32-28(23)24/h4-6,9-11,15-16,20-22,25H,1-3,7-8,12-14,17-19H2. The Hall–Kier alpha value is -2.04. The van der Waals surface area contributed by atoms with Crippen LogP contribution in [0, 0.1) is 5.92 Å². The number of likely N-dealkylation sites (tertiary alicyclic amines) is 1. The van der Waals surface area contributed by atoms with Gasteiger partial charge in [0, 0.05) is 16.8 Å². The van der Waals surface area contributed by atoms with E-state index in [4.69, 9.17) is 0 Å². The molecule has 3 heterocycles. The van der Waals surface area contributed by atoms with Gasteiger partial charge in [-0.05, 0) is 92.2 Å². The predicted octanol–water partition coefficient (Wildman–Crippen LogP) is 6.80. The fourth-order valence-electron chi connectivity index (χ4n) is 5.81. The van der Waals surface area contributed by atoms with Crippen molar-refractivity contribution in [3.8, 4) is 0 Å². The third-order valence-corrected chi connectivity index (χ3v) is 8.65. The van der Waals surface area contributed by atoms with Gasteiger partial charge >= 0.3 is 0 Å². The van der Waals surface area contributed by atoms with Gasteiger partial charge in [0.15, 0.2) is 0 Å². The lowest BCUT2D eigenvalue weighted by Crippen LogP contribution is -2.35. The molecular weight excluding hydrogens is 412 g/mol. The Balaban J connectivity index is 1.21. The van der Waals surface area contributed by atoms with Crippen molar-refractivity contribution < 1.29 is 4.79 Å². The summed E-state index contributed by atoms with van der Waals surface area (Å²) in [4.78, 5) is 20.6. The van der Waals surface area contributed by atoms with Crippen molar-refractivity contribution in [1.29, 1.82) is 0 Å². The molecule has 1 aromatic carbocycles. The summed E-state index contributed by atoms with van der Waals surface area (Å²) < 4.78 is 1.47. The molecule has 0 radical (unpaired) electrons. The van der Waals surface area contributed by atoms with Crippen LogP contribution in [-0.2, 0) is 4.79 Å². The van der Waals surface area contributed by atoms with Crippen molar-refractivity contribution in [2.45, 2.75) is 63.2 Å². The number of Topliss-reactive ketones (excluding diaryl/α,β-unsaturated/α-hetero) is 1. The summed E-state index contributed by atoms with van der Waals surface area (Å²) in [6, 6.07) is 15.0. The fourth-order valence-corrected chi connectivity index (χ4v) is 6.80. The number of nitrogens with zero attached hydrogens (tertiary/aromatic N) is 2. The Labute approximate surface area is 195 Å². The molecule has 1 unspecified atom stereocenters. The number of carbonyl (C=O) groups is 1. The van der Waals surface area contributed by atoms with Crippen LogP contribution in [0.3, 0.4) is 0 Å². The number of carbonyl (C=O) groups excluding carboxylic acids is 1. The van der Waals surface area contributed by atoms with E-state index >= 15 is 0 Å². The molecule has 2 aromatic heterocycles. The Morgan fingerprint density at radius 1 is 1.00 bits per heavy atom. The summed E-state index contributed by atoms with van der Waals surface area (Å²) in [5.74, 6) is 1.30. The van der Waals surface area contributed by atoms with Gasteiger partial charge in [0.1, 0.15) is 5.78 Å². The lowest BCUT2D eigenvalue weighted by Gasteiger charge is -2.33. The number of hydrogen-bond acceptors (Lipinski definition) is 4. The highest BCUT2D eigenvalue weighted by atomic mass is 32.1. The Morgan fingerprint density at radius 3 is 2.62 bits per heavy atom. The minimum absolute atomic E-state index is 0.0445. The number of ketones is 1. The van der Waals surface area contributed by atoms with E-state index in [1.807, 2.05) is 29.7 Å². The molecule has 1 saturated heterocycles. The highest BCUT2D eigenvalue weighted by Gasteiger charge is 2.31. The minimum atomic E-state index is -0.0445. The molecule has 3 nitrogen and oxygen atoms in total. The first-order chi connectivity index (χ1) is 15.8. The van der Waals surface area contributed by atoms with Crippen molar-refractivity contribution in [2.24, 2.45) is 5.92 Å². The van der Waals surface area contributed by atoms with Crippen LogP contribution in [0.4, 0.5) is 0 Å². The second-order valence-electron chi connectivity index (χ2n) is 9.64. The number of thiophene rings is 1. The monoisotopic (exact) mass is 446 g/mol. The van der Waals surface area contributed by atoms with E-state index < -0.39 is 0 Å². The predicted molar refractivity (Wildman–Crippen MR) is 133 cm³/mol. The van der Waals surface area contributed by atoms with E-state index in [1.165, 1.54) is 47.8 Å². The first-order valence-electron chi connectivity index (χ1n) is 12.4. The lowest BCUT2D eigenvalue weighted by molar-refractivity contribution is -0.125. The van der Waals surface area contributed by atoms with Crippen molar-refractivity contribution >= 4 is 27.2 Å². The van der Waals surface area contributed by atoms with Gasteiger partial charge in [0.25, 0.3) is 0 Å². The molecule has 2 fully saturated rings. The van der Waals surface area contributed by atoms with E-state index in [9.17, 15) is 4.79 Å². The minimum Gasteiger partial charge on any atom is -0.303 e. The number of aromatic nitrogens is 1. The molecule has 1 saturated carbocycles. The van der Waals surface area contributed by atoms with Gasteiger partial charge < -0.3 is 4.90 Å². The van der Waals surface area contributed by atoms with Crippen LogP contribution in [0.2, 0.25) is 0 Å². The van der Waals surface area contributed by atoms with Crippen LogP contribution < -0.4 is 0 Å². The molecule has 0 N–H and O–H groups in total. The summed E-state index contributed by atoms with van der Waals surface area (Å²) in [5, 5.41) is 3.60. The molecule has 0 amide bonds. The summed E-state index contributed by atoms with van der Waals surface area (Å²) in [7, 11) is 0. The van der Waals surface area contributed by atoms with Gasteiger partial charge in [-0.3, -0.25) is 9.78 Å². The molecule has 2 aliphatic rings. The van der Waals surface area contributed by atoms with Crippen LogP contribution in [0.15, 0.2) is 54.0 Å². The van der Waals surface area contributed by atoms with E-state index in [0.29, 0.717) is 11.7 Å². The molecule has 1 atom stereocenters. The van der Waals surface area contributed by atoms with Gasteiger partial charge in [-0.15, -0.1) is 11.3 Å². The van der Waals surface area contributed by atoms with Gasteiger partial charge in [-0.2, -0.15) is 0 Å². The van der Waals surface area contributed by atoms with Crippen molar-refractivity contribution in [1.82, 2.24) is 9.88 Å². The zero-order valence-corrected chi connectivity index (χ0v) is 19.7. The Bertz CT molecular complexity index is 1020. The molecular formula is C28H34N2OS. The first kappa shape index (κ1) is 21.8. The maximum absolute atomic E-state index is 13.5. The smallest absolute Gasteiger partial charge is 0.145 e. The zero-order chi connectivity index (χ0) is 21.8. The van der Waals surface area contributed by atoms with E-state index in [1.54, 1.807) is 0 Å². The normalized spacial score (nSPS) is 19.9. The summed E-state index contributed by atoms with van der Waals surface area (Å²) in [6.45, 7) is 3.24. The molecule has 168 valence electrons. The number of piperidine rings is 1. The molecule has 1 aliphatic carbocycles. The van der Waals surface area contributed by atoms with E-state index in [0.717, 1.165) is 44.6 Å². The zero-order valence-electron chi connectivity index (χ0n) is 18.9. The van der Waals surface area contributed by atoms with Crippen LogP contribution in [-0.4, -0.2) is 35.3 Å². The van der Waals surface area contributed by atoms with Crippen LogP contribution in [0.25, 0.3) is 10.1 Å². The van der Waals surface area contributed by atoms with Crippen LogP contribution in [0.1, 0.15) is 74.5 Å². The number of fused-ring (bicyclic) bond motifs is 1. The molecule has 0 bridgehead atoms. The average Bonchev–Trinajstić information content (AvgIpc) is 3.35. The van der Waals surface area contributed by atoms with Crippen LogP contribution in [0.5, 0.6) is 0 Å². The highest BCUT2D eigenvalue weighted by Crippen LogP contribution is 2.36. The maximum Gasteiger partial charge on any atom is 0.145 e. The quantitative estimate of drug-likeness (QED) is 0.400. The topological polar surface area (TPSA) is 33.2 Å². The van der Waals surface area contributed by atoms with Gasteiger partial charge in [0.05, 0.1) is 11.6 Å². The van der Waals surface area contributed by atoms with Gasteiger partial charge in [-0.25, -0.2) is 0 Å². The summed E-state index contributed by atoms with van der Waals surface area (Å²) >= 11 is 1.88. The lowest BCUT2D eigenvalue weighted by atomic mass is 9.79. The van der Waals surface area contributed by atoms with Crippen molar-refractivity contribution in [2.75, 3.05) is 19.6 Å². The Kier molecular flexibility index (Phi) is 6.99. The second kappa shape index (κ2) is 10.3. The van der Waals surface area contributed by atoms with Gasteiger partial charge in [-0.1, -0.05) is 43.5 Å². The third kappa shape index (κ3) is 4.82. The first-order valence-corrected chi connectivity index (χ1v) is 13.3. The highest BCUT2D eigenvalue weighted by molar-refractivity contribution is 7.17. The summed E-state index contributed by atoms with van der Waals surface area (Å²) in [6.07, 6.45) is 11.0. The fraction of sp³-hybridized carbons (Fsp3) is 0.500. The second-order valence-corrected chi connectivity index (χ2v) is 10.6. The average molecular weight is 447 g/mol. The Morgan fingerprint density at radius 2 is 1.84 bits per heavy atom. The molecule has 5 rings (SSSR count). The molecule has 0 spiro atoms.